The summed E-state index contributed by atoms with van der Waals surface area (Å²) in [4.78, 5) is 17.9. The van der Waals surface area contributed by atoms with Gasteiger partial charge in [0.15, 0.2) is 0 Å². The van der Waals surface area contributed by atoms with Crippen LogP contribution in [0.15, 0.2) is 15.5 Å². The van der Waals surface area contributed by atoms with Crippen LogP contribution in [0.2, 0.25) is 0 Å². The summed E-state index contributed by atoms with van der Waals surface area (Å²) in [5.74, 6) is 0.717. The van der Waals surface area contributed by atoms with Gasteiger partial charge in [-0.1, -0.05) is 6.92 Å². The molecule has 13 heavy (non-hydrogen) atoms. The Bertz CT molecular complexity index is 323. The Morgan fingerprint density at radius 3 is 3.08 bits per heavy atom. The molecule has 0 spiro atoms. The van der Waals surface area contributed by atoms with E-state index in [4.69, 9.17) is 0 Å². The molecule has 0 aromatic carbocycles. The first kappa shape index (κ1) is 10.4. The zero-order valence-corrected chi connectivity index (χ0v) is 9.02. The van der Waals surface area contributed by atoms with Gasteiger partial charge in [0, 0.05) is 19.2 Å². The molecule has 0 unspecified atom stereocenters. The van der Waals surface area contributed by atoms with Gasteiger partial charge in [-0.3, -0.25) is 4.79 Å². The maximum absolute atomic E-state index is 11.1. The second-order valence-corrected chi connectivity index (χ2v) is 3.46. The summed E-state index contributed by atoms with van der Waals surface area (Å²) in [6, 6.07) is 0. The number of hydrogen-bond donors (Lipinski definition) is 2. The van der Waals surface area contributed by atoms with E-state index in [1.807, 2.05) is 6.92 Å². The van der Waals surface area contributed by atoms with E-state index in [0.717, 1.165) is 19.5 Å². The Labute approximate surface area is 84.9 Å². The molecule has 0 radical (unpaired) electrons. The van der Waals surface area contributed by atoms with Crippen molar-refractivity contribution in [2.75, 3.05) is 13.1 Å². The van der Waals surface area contributed by atoms with Gasteiger partial charge in [0.2, 0.25) is 0 Å². The van der Waals surface area contributed by atoms with Gasteiger partial charge in [0.05, 0.1) is 0 Å². The second kappa shape index (κ2) is 5.14. The van der Waals surface area contributed by atoms with Gasteiger partial charge in [-0.05, 0) is 22.5 Å². The summed E-state index contributed by atoms with van der Waals surface area (Å²) in [5.41, 5.74) is -0.124. The first-order valence-electron chi connectivity index (χ1n) is 4.18. The lowest BCUT2D eigenvalue weighted by atomic mass is 10.4. The highest BCUT2D eigenvalue weighted by molar-refractivity contribution is 9.10. The fraction of sp³-hybridized carbons (Fsp3) is 0.500. The van der Waals surface area contributed by atoms with Crippen LogP contribution in [0.25, 0.3) is 0 Å². The average Bonchev–Trinajstić information content (AvgIpc) is 2.12. The lowest BCUT2D eigenvalue weighted by Gasteiger charge is -2.00. The smallest absolute Gasteiger partial charge is 0.265 e. The van der Waals surface area contributed by atoms with Gasteiger partial charge >= 0.3 is 0 Å². The maximum atomic E-state index is 11.1. The molecular formula is C8H12BrN3O. The number of nitrogens with one attached hydrogen (secondary N) is 2. The number of H-pyrrole nitrogens is 1. The van der Waals surface area contributed by atoms with E-state index in [2.05, 4.69) is 31.2 Å². The number of rotatable bonds is 4. The molecule has 1 aromatic rings. The molecule has 0 saturated heterocycles. The first-order valence-corrected chi connectivity index (χ1v) is 4.97. The zero-order valence-electron chi connectivity index (χ0n) is 7.43. The van der Waals surface area contributed by atoms with Crippen molar-refractivity contribution in [2.45, 2.75) is 13.3 Å². The van der Waals surface area contributed by atoms with Crippen LogP contribution in [0.4, 0.5) is 0 Å². The molecule has 2 N–H and O–H groups in total. The van der Waals surface area contributed by atoms with Crippen molar-refractivity contribution < 1.29 is 0 Å². The van der Waals surface area contributed by atoms with E-state index in [-0.39, 0.29) is 5.56 Å². The summed E-state index contributed by atoms with van der Waals surface area (Å²) in [6.07, 6.45) is 2.27. The summed E-state index contributed by atoms with van der Waals surface area (Å²) in [6.45, 7) is 3.81. The topological polar surface area (TPSA) is 57.8 Å². The van der Waals surface area contributed by atoms with Crippen molar-refractivity contribution in [1.29, 1.82) is 0 Å². The molecule has 72 valence electrons. The molecule has 4 nitrogen and oxygen atoms in total. The standard InChI is InChI=1S/C8H12BrN3O/c1-2-10-4-3-7-11-5-6(9)8(13)12-7/h5,10H,2-4H2,1H3,(H,11,12,13). The molecule has 0 amide bonds. The van der Waals surface area contributed by atoms with Crippen LogP contribution in [0.1, 0.15) is 12.7 Å². The van der Waals surface area contributed by atoms with Crippen molar-refractivity contribution in [1.82, 2.24) is 15.3 Å². The van der Waals surface area contributed by atoms with Crippen molar-refractivity contribution in [3.63, 3.8) is 0 Å². The van der Waals surface area contributed by atoms with E-state index in [9.17, 15) is 4.79 Å². The lowest BCUT2D eigenvalue weighted by Crippen LogP contribution is -2.19. The van der Waals surface area contributed by atoms with Crippen LogP contribution in [0.5, 0.6) is 0 Å². The average molecular weight is 246 g/mol. The van der Waals surface area contributed by atoms with Crippen LogP contribution in [0, 0.1) is 0 Å². The third kappa shape index (κ3) is 3.28. The lowest BCUT2D eigenvalue weighted by molar-refractivity contribution is 0.693. The molecule has 0 saturated carbocycles. The number of halogens is 1. The van der Waals surface area contributed by atoms with Crippen molar-refractivity contribution in [3.8, 4) is 0 Å². The molecule has 0 aliphatic carbocycles. The zero-order chi connectivity index (χ0) is 9.68. The minimum atomic E-state index is -0.124. The van der Waals surface area contributed by atoms with E-state index >= 15 is 0 Å². The number of nitrogens with zero attached hydrogens (tertiary/aromatic N) is 1. The van der Waals surface area contributed by atoms with Gasteiger partial charge in [-0.15, -0.1) is 0 Å². The highest BCUT2D eigenvalue weighted by Gasteiger charge is 1.98. The van der Waals surface area contributed by atoms with Crippen molar-refractivity contribution in [3.05, 3.63) is 26.8 Å². The molecule has 0 atom stereocenters. The van der Waals surface area contributed by atoms with E-state index < -0.39 is 0 Å². The molecule has 5 heteroatoms. The van der Waals surface area contributed by atoms with Gasteiger partial charge in [-0.25, -0.2) is 4.98 Å². The predicted molar refractivity (Wildman–Crippen MR) is 54.8 cm³/mol. The summed E-state index contributed by atoms with van der Waals surface area (Å²) in [5, 5.41) is 3.16. The summed E-state index contributed by atoms with van der Waals surface area (Å²) < 4.78 is 0.472. The molecule has 0 bridgehead atoms. The fourth-order valence-corrected chi connectivity index (χ4v) is 1.13. The van der Waals surface area contributed by atoms with Crippen LogP contribution < -0.4 is 10.9 Å². The molecule has 1 aromatic heterocycles. The fourth-order valence-electron chi connectivity index (χ4n) is 0.927. The van der Waals surface area contributed by atoms with Crippen molar-refractivity contribution >= 4 is 15.9 Å². The largest absolute Gasteiger partial charge is 0.317 e. The van der Waals surface area contributed by atoms with Gasteiger partial charge in [-0.2, -0.15) is 0 Å². The number of aromatic amines is 1. The second-order valence-electron chi connectivity index (χ2n) is 2.61. The Morgan fingerprint density at radius 2 is 2.46 bits per heavy atom. The number of likely N-dealkylation sites (N-methyl/N-ethyl adjacent to an activating group) is 1. The minimum absolute atomic E-state index is 0.124. The van der Waals surface area contributed by atoms with Crippen molar-refractivity contribution in [2.24, 2.45) is 0 Å². The Morgan fingerprint density at radius 1 is 1.69 bits per heavy atom. The van der Waals surface area contributed by atoms with Crippen LogP contribution in [-0.2, 0) is 6.42 Å². The van der Waals surface area contributed by atoms with Gasteiger partial charge < -0.3 is 10.3 Å². The van der Waals surface area contributed by atoms with Gasteiger partial charge in [0.25, 0.3) is 5.56 Å². The quantitative estimate of drug-likeness (QED) is 0.768. The normalized spacial score (nSPS) is 10.3. The first-order chi connectivity index (χ1) is 6.24. The molecule has 0 aliphatic rings. The molecule has 1 rings (SSSR count). The Kier molecular flexibility index (Phi) is 4.11. The monoisotopic (exact) mass is 245 g/mol. The molecule has 0 fully saturated rings. The number of aromatic nitrogens is 2. The number of hydrogen-bond acceptors (Lipinski definition) is 3. The Balaban J connectivity index is 2.58. The highest BCUT2D eigenvalue weighted by Crippen LogP contribution is 1.98. The summed E-state index contributed by atoms with van der Waals surface area (Å²) in [7, 11) is 0. The Hall–Kier alpha value is -0.680. The third-order valence-corrected chi connectivity index (χ3v) is 2.16. The highest BCUT2D eigenvalue weighted by atomic mass is 79.9. The minimum Gasteiger partial charge on any atom is -0.317 e. The van der Waals surface area contributed by atoms with Crippen LogP contribution in [-0.4, -0.2) is 23.1 Å². The SMILES string of the molecule is CCNCCc1ncc(Br)c(=O)[nH]1. The van der Waals surface area contributed by atoms with E-state index in [1.165, 1.54) is 6.20 Å². The van der Waals surface area contributed by atoms with Crippen LogP contribution in [0.3, 0.4) is 0 Å². The van der Waals surface area contributed by atoms with Gasteiger partial charge in [0.1, 0.15) is 10.3 Å². The molecule has 0 aliphatic heterocycles. The van der Waals surface area contributed by atoms with E-state index in [0.29, 0.717) is 10.3 Å². The predicted octanol–water partition coefficient (Wildman–Crippen LogP) is 0.684. The molecule has 1 heterocycles. The third-order valence-electron chi connectivity index (χ3n) is 1.60. The van der Waals surface area contributed by atoms with Crippen LogP contribution >= 0.6 is 15.9 Å². The van der Waals surface area contributed by atoms with E-state index in [1.54, 1.807) is 0 Å². The molecular weight excluding hydrogens is 234 g/mol. The summed E-state index contributed by atoms with van der Waals surface area (Å²) >= 11 is 3.09. The maximum Gasteiger partial charge on any atom is 0.265 e.